The minimum Gasteiger partial charge on any atom is -0.497 e. The van der Waals surface area contributed by atoms with E-state index in [4.69, 9.17) is 21.7 Å². The highest BCUT2D eigenvalue weighted by atomic mass is 32.2. The van der Waals surface area contributed by atoms with E-state index < -0.39 is 10.0 Å². The van der Waals surface area contributed by atoms with Crippen LogP contribution in [0.25, 0.3) is 0 Å². The van der Waals surface area contributed by atoms with Crippen molar-refractivity contribution in [2.45, 2.75) is 4.90 Å². The van der Waals surface area contributed by atoms with Gasteiger partial charge < -0.3 is 19.7 Å². The van der Waals surface area contributed by atoms with Crippen LogP contribution in [0.1, 0.15) is 0 Å². The zero-order valence-corrected chi connectivity index (χ0v) is 18.0. The number of hydrogen-bond acceptors (Lipinski definition) is 5. The Balaban J connectivity index is 1.89. The van der Waals surface area contributed by atoms with Gasteiger partial charge in [-0.25, -0.2) is 12.7 Å². The zero-order valence-electron chi connectivity index (χ0n) is 16.4. The molecule has 152 valence electrons. The first-order valence-electron chi connectivity index (χ1n) is 8.55. The van der Waals surface area contributed by atoms with Crippen molar-refractivity contribution in [3.63, 3.8) is 0 Å². The number of sulfonamides is 1. The molecular weight excluding hydrogens is 398 g/mol. The van der Waals surface area contributed by atoms with Gasteiger partial charge in [0.05, 0.1) is 18.6 Å². The molecule has 9 heteroatoms. The van der Waals surface area contributed by atoms with E-state index in [1.807, 2.05) is 36.2 Å². The summed E-state index contributed by atoms with van der Waals surface area (Å²) in [5.74, 6) is 1.52. The largest absolute Gasteiger partial charge is 0.497 e. The summed E-state index contributed by atoms with van der Waals surface area (Å²) in [5, 5.41) is 3.53. The molecule has 0 saturated heterocycles. The molecule has 0 amide bonds. The van der Waals surface area contributed by atoms with Gasteiger partial charge in [0.25, 0.3) is 0 Å². The standard InChI is InChI=1S/C19H25N3O4S2/c1-21(2)28(23,24)18-7-5-6-15(14-18)20-19(27)22(3)12-13-26-17-10-8-16(25-4)9-11-17/h5-11,14H,12-13H2,1-4H3,(H,20,27). The Bertz CT molecular complexity index is 900. The summed E-state index contributed by atoms with van der Waals surface area (Å²) in [6.45, 7) is 1.01. The normalized spacial score (nSPS) is 11.2. The number of thiocarbonyl (C=S) groups is 1. The molecule has 0 aromatic heterocycles. The number of methoxy groups -OCH3 is 1. The van der Waals surface area contributed by atoms with Crippen molar-refractivity contribution in [3.05, 3.63) is 48.5 Å². The van der Waals surface area contributed by atoms with Crippen molar-refractivity contribution in [1.82, 2.24) is 9.21 Å². The fourth-order valence-corrected chi connectivity index (χ4v) is 3.40. The predicted octanol–water partition coefficient (Wildman–Crippen LogP) is 2.65. The summed E-state index contributed by atoms with van der Waals surface area (Å²) in [7, 11) is 2.95. The van der Waals surface area contributed by atoms with Crippen molar-refractivity contribution in [1.29, 1.82) is 0 Å². The summed E-state index contributed by atoms with van der Waals surface area (Å²) < 4.78 is 36.5. The Hall–Kier alpha value is -2.36. The molecule has 0 bridgehead atoms. The maximum Gasteiger partial charge on any atom is 0.242 e. The van der Waals surface area contributed by atoms with Crippen LogP contribution in [0.4, 0.5) is 5.69 Å². The Morgan fingerprint density at radius 3 is 2.32 bits per heavy atom. The van der Waals surface area contributed by atoms with Gasteiger partial charge >= 0.3 is 0 Å². The van der Waals surface area contributed by atoms with Crippen LogP contribution in [0, 0.1) is 0 Å². The van der Waals surface area contributed by atoms with Crippen LogP contribution in [0.5, 0.6) is 11.5 Å². The van der Waals surface area contributed by atoms with Crippen LogP contribution < -0.4 is 14.8 Å². The smallest absolute Gasteiger partial charge is 0.242 e. The number of rotatable bonds is 8. The van der Waals surface area contributed by atoms with Crippen LogP contribution in [-0.2, 0) is 10.0 Å². The van der Waals surface area contributed by atoms with Gasteiger partial charge in [-0.1, -0.05) is 6.07 Å². The van der Waals surface area contributed by atoms with Gasteiger partial charge in [-0.2, -0.15) is 0 Å². The highest BCUT2D eigenvalue weighted by Gasteiger charge is 2.17. The van der Waals surface area contributed by atoms with E-state index in [1.54, 1.807) is 31.4 Å². The first kappa shape index (κ1) is 21.9. The van der Waals surface area contributed by atoms with Crippen LogP contribution in [0.15, 0.2) is 53.4 Å². The fraction of sp³-hybridized carbons (Fsp3) is 0.316. The molecular formula is C19H25N3O4S2. The van der Waals surface area contributed by atoms with E-state index in [9.17, 15) is 8.42 Å². The molecule has 0 unspecified atom stereocenters. The Morgan fingerprint density at radius 2 is 1.71 bits per heavy atom. The van der Waals surface area contributed by atoms with Crippen molar-refractivity contribution in [3.8, 4) is 11.5 Å². The van der Waals surface area contributed by atoms with Crippen LogP contribution >= 0.6 is 12.2 Å². The highest BCUT2D eigenvalue weighted by Crippen LogP contribution is 2.19. The van der Waals surface area contributed by atoms with Crippen LogP contribution in [-0.4, -0.2) is 64.1 Å². The number of hydrogen-bond donors (Lipinski definition) is 1. The maximum absolute atomic E-state index is 12.3. The summed E-state index contributed by atoms with van der Waals surface area (Å²) in [6.07, 6.45) is 0. The number of ether oxygens (including phenoxy) is 2. The molecule has 0 aliphatic heterocycles. The van der Waals surface area contributed by atoms with E-state index in [-0.39, 0.29) is 4.90 Å². The molecule has 0 spiro atoms. The van der Waals surface area contributed by atoms with Crippen LogP contribution in [0.2, 0.25) is 0 Å². The van der Waals surface area contributed by atoms with Gasteiger partial charge in [-0.15, -0.1) is 0 Å². The third kappa shape index (κ3) is 5.82. The van der Waals surface area contributed by atoms with E-state index in [0.717, 1.165) is 11.5 Å². The van der Waals surface area contributed by atoms with E-state index in [1.165, 1.54) is 18.4 Å². The van der Waals surface area contributed by atoms with Crippen LogP contribution in [0.3, 0.4) is 0 Å². The lowest BCUT2D eigenvalue weighted by atomic mass is 10.3. The number of nitrogens with one attached hydrogen (secondary N) is 1. The average molecular weight is 424 g/mol. The third-order valence-electron chi connectivity index (χ3n) is 3.97. The first-order chi connectivity index (χ1) is 13.2. The van der Waals surface area contributed by atoms with Gasteiger partial charge in [0.1, 0.15) is 18.1 Å². The third-order valence-corrected chi connectivity index (χ3v) is 6.19. The van der Waals surface area contributed by atoms with Gasteiger partial charge in [0.2, 0.25) is 10.0 Å². The van der Waals surface area contributed by atoms with Gasteiger partial charge in [0.15, 0.2) is 5.11 Å². The lowest BCUT2D eigenvalue weighted by molar-refractivity contribution is 0.285. The minimum atomic E-state index is -3.50. The number of likely N-dealkylation sites (N-methyl/N-ethyl adjacent to an activating group) is 1. The molecule has 0 saturated carbocycles. The van der Waals surface area contributed by atoms with E-state index >= 15 is 0 Å². The van der Waals surface area contributed by atoms with Gasteiger partial charge in [-0.05, 0) is 54.7 Å². The second kappa shape index (κ2) is 9.72. The predicted molar refractivity (Wildman–Crippen MR) is 115 cm³/mol. The molecule has 0 fully saturated rings. The molecule has 28 heavy (non-hydrogen) atoms. The summed E-state index contributed by atoms with van der Waals surface area (Å²) in [4.78, 5) is 2.03. The van der Waals surface area contributed by atoms with Gasteiger partial charge in [0, 0.05) is 26.8 Å². The Labute approximate surface area is 171 Å². The second-order valence-electron chi connectivity index (χ2n) is 6.19. The van der Waals surface area contributed by atoms with E-state index in [0.29, 0.717) is 24.0 Å². The number of anilines is 1. The van der Waals surface area contributed by atoms with Crippen molar-refractivity contribution >= 4 is 33.0 Å². The zero-order chi connectivity index (χ0) is 20.7. The molecule has 0 aliphatic rings. The molecule has 1 N–H and O–H groups in total. The SMILES string of the molecule is COc1ccc(OCCN(C)C(=S)Nc2cccc(S(=O)(=O)N(C)C)c2)cc1. The molecule has 0 aliphatic carbocycles. The average Bonchev–Trinajstić information content (AvgIpc) is 2.68. The lowest BCUT2D eigenvalue weighted by Gasteiger charge is -2.21. The minimum absolute atomic E-state index is 0.204. The number of benzene rings is 2. The Kier molecular flexibility index (Phi) is 7.61. The van der Waals surface area contributed by atoms with E-state index in [2.05, 4.69) is 5.32 Å². The quantitative estimate of drug-likeness (QED) is 0.655. The molecule has 0 heterocycles. The fourth-order valence-electron chi connectivity index (χ4n) is 2.24. The first-order valence-corrected chi connectivity index (χ1v) is 10.4. The molecule has 2 aromatic rings. The summed E-state index contributed by atoms with van der Waals surface area (Å²) in [5.41, 5.74) is 0.607. The second-order valence-corrected chi connectivity index (χ2v) is 8.73. The Morgan fingerprint density at radius 1 is 1.07 bits per heavy atom. The molecule has 2 aromatic carbocycles. The molecule has 0 radical (unpaired) electrons. The highest BCUT2D eigenvalue weighted by molar-refractivity contribution is 7.89. The molecule has 0 atom stereocenters. The van der Waals surface area contributed by atoms with Gasteiger partial charge in [-0.3, -0.25) is 0 Å². The summed E-state index contributed by atoms with van der Waals surface area (Å²) in [6, 6.07) is 13.9. The maximum atomic E-state index is 12.3. The molecule has 7 nitrogen and oxygen atoms in total. The van der Waals surface area contributed by atoms with Crippen molar-refractivity contribution < 1.29 is 17.9 Å². The van der Waals surface area contributed by atoms with Crippen molar-refractivity contribution in [2.75, 3.05) is 46.7 Å². The lowest BCUT2D eigenvalue weighted by Crippen LogP contribution is -2.34. The topological polar surface area (TPSA) is 71.1 Å². The monoisotopic (exact) mass is 423 g/mol. The summed E-state index contributed by atoms with van der Waals surface area (Å²) >= 11 is 5.39. The number of nitrogens with zero attached hydrogens (tertiary/aromatic N) is 2. The van der Waals surface area contributed by atoms with Crippen molar-refractivity contribution in [2.24, 2.45) is 0 Å². The molecule has 2 rings (SSSR count).